The molecule has 1 aromatic heterocycles. The van der Waals surface area contributed by atoms with Gasteiger partial charge in [-0.2, -0.15) is 0 Å². The molecule has 166 valence electrons. The first kappa shape index (κ1) is 24.5. The van der Waals surface area contributed by atoms with Crippen LogP contribution in [-0.4, -0.2) is 85.7 Å². The van der Waals surface area contributed by atoms with Gasteiger partial charge in [-0.15, -0.1) is 0 Å². The molecule has 0 radical (unpaired) electrons. The van der Waals surface area contributed by atoms with Gasteiger partial charge in [0.25, 0.3) is 0 Å². The van der Waals surface area contributed by atoms with Crippen molar-refractivity contribution in [2.24, 2.45) is 5.73 Å². The van der Waals surface area contributed by atoms with Crippen LogP contribution in [0.15, 0.2) is 12.5 Å². The predicted octanol–water partition coefficient (Wildman–Crippen LogP) is -3.69. The van der Waals surface area contributed by atoms with Crippen molar-refractivity contribution in [1.29, 1.82) is 0 Å². The van der Waals surface area contributed by atoms with E-state index in [-0.39, 0.29) is 6.42 Å². The number of nitrogens with zero attached hydrogens (tertiary/aromatic N) is 1. The van der Waals surface area contributed by atoms with E-state index < -0.39 is 66.9 Å². The molecule has 0 aromatic carbocycles. The van der Waals surface area contributed by atoms with E-state index in [1.165, 1.54) is 19.4 Å². The first-order valence-corrected chi connectivity index (χ1v) is 8.74. The lowest BCUT2D eigenvalue weighted by Gasteiger charge is -2.23. The molecular weight excluding hydrogens is 404 g/mol. The van der Waals surface area contributed by atoms with Gasteiger partial charge in [-0.3, -0.25) is 24.0 Å². The van der Waals surface area contributed by atoms with Crippen molar-refractivity contribution < 1.29 is 39.3 Å². The number of H-pyrrole nitrogens is 1. The zero-order chi connectivity index (χ0) is 22.8. The molecule has 0 spiro atoms. The van der Waals surface area contributed by atoms with Crippen LogP contribution in [0.1, 0.15) is 19.0 Å². The zero-order valence-electron chi connectivity index (χ0n) is 16.0. The molecule has 0 saturated carbocycles. The number of carbonyl (C=O) groups excluding carboxylic acids is 3. The summed E-state index contributed by atoms with van der Waals surface area (Å²) in [5.74, 6) is -5.55. The monoisotopic (exact) mass is 428 g/mol. The van der Waals surface area contributed by atoms with Gasteiger partial charge in [-0.05, 0) is 6.92 Å². The van der Waals surface area contributed by atoms with Crippen molar-refractivity contribution in [2.45, 2.75) is 44.0 Å². The summed E-state index contributed by atoms with van der Waals surface area (Å²) >= 11 is 0. The van der Waals surface area contributed by atoms with Crippen LogP contribution in [0.5, 0.6) is 0 Å². The number of aliphatic carboxylic acids is 2. The van der Waals surface area contributed by atoms with Gasteiger partial charge in [0.2, 0.25) is 17.7 Å². The van der Waals surface area contributed by atoms with Crippen LogP contribution in [0.25, 0.3) is 0 Å². The Bertz CT molecular complexity index is 766. The first-order chi connectivity index (χ1) is 14.0. The van der Waals surface area contributed by atoms with Crippen LogP contribution in [0, 0.1) is 0 Å². The average Bonchev–Trinajstić information content (AvgIpc) is 3.16. The number of carboxylic acids is 2. The molecule has 0 saturated heterocycles. The van der Waals surface area contributed by atoms with Gasteiger partial charge < -0.3 is 42.0 Å². The van der Waals surface area contributed by atoms with E-state index in [1.54, 1.807) is 0 Å². The lowest BCUT2D eigenvalue weighted by molar-refractivity contribution is -0.141. The molecule has 0 bridgehead atoms. The molecule has 4 unspecified atom stereocenters. The van der Waals surface area contributed by atoms with Crippen molar-refractivity contribution in [2.75, 3.05) is 6.54 Å². The van der Waals surface area contributed by atoms with Crippen LogP contribution >= 0.6 is 0 Å². The van der Waals surface area contributed by atoms with E-state index in [1.807, 2.05) is 0 Å². The van der Waals surface area contributed by atoms with E-state index in [0.717, 1.165) is 0 Å². The highest BCUT2D eigenvalue weighted by molar-refractivity contribution is 5.95. The van der Waals surface area contributed by atoms with Gasteiger partial charge in [0.05, 0.1) is 18.9 Å². The van der Waals surface area contributed by atoms with Gasteiger partial charge in [0.1, 0.15) is 24.7 Å². The van der Waals surface area contributed by atoms with E-state index >= 15 is 0 Å². The molecule has 1 rings (SSSR count). The Hall–Kier alpha value is -3.52. The molecule has 0 aliphatic carbocycles. The topological polar surface area (TPSA) is 237 Å². The Morgan fingerprint density at radius 2 is 1.70 bits per heavy atom. The van der Waals surface area contributed by atoms with Crippen molar-refractivity contribution >= 4 is 29.7 Å². The Balaban J connectivity index is 2.96. The van der Waals surface area contributed by atoms with E-state index in [0.29, 0.717) is 5.69 Å². The number of hydrogen-bond acceptors (Lipinski definition) is 8. The highest BCUT2D eigenvalue weighted by Crippen LogP contribution is 2.02. The lowest BCUT2D eigenvalue weighted by Crippen LogP contribution is -2.58. The second-order valence-electron chi connectivity index (χ2n) is 6.38. The van der Waals surface area contributed by atoms with Gasteiger partial charge in [0.15, 0.2) is 0 Å². The maximum absolute atomic E-state index is 12.6. The van der Waals surface area contributed by atoms with Crippen molar-refractivity contribution in [3.8, 4) is 0 Å². The minimum atomic E-state index is -1.60. The van der Waals surface area contributed by atoms with Gasteiger partial charge in [-0.25, -0.2) is 4.98 Å². The molecule has 14 heteroatoms. The Labute approximate surface area is 170 Å². The summed E-state index contributed by atoms with van der Waals surface area (Å²) in [5.41, 5.74) is 5.91. The van der Waals surface area contributed by atoms with Gasteiger partial charge in [0, 0.05) is 18.3 Å². The van der Waals surface area contributed by atoms with Crippen LogP contribution in [0.2, 0.25) is 0 Å². The molecule has 9 N–H and O–H groups in total. The normalized spacial score (nSPS) is 14.6. The second-order valence-corrected chi connectivity index (χ2v) is 6.38. The SMILES string of the molecule is CC(O)C(N)C(=O)NC(CC(=O)O)C(=O)NC(Cc1cnc[nH]1)C(=O)NCC(=O)O. The van der Waals surface area contributed by atoms with Crippen molar-refractivity contribution in [1.82, 2.24) is 25.9 Å². The van der Waals surface area contributed by atoms with E-state index in [2.05, 4.69) is 25.9 Å². The summed E-state index contributed by atoms with van der Waals surface area (Å²) in [5, 5.41) is 33.6. The summed E-state index contributed by atoms with van der Waals surface area (Å²) in [6.45, 7) is 0.538. The third-order valence-corrected chi connectivity index (χ3v) is 3.86. The molecular formula is C16H24N6O8. The van der Waals surface area contributed by atoms with Crippen molar-refractivity contribution in [3.63, 3.8) is 0 Å². The molecule has 1 heterocycles. The summed E-state index contributed by atoms with van der Waals surface area (Å²) < 4.78 is 0. The minimum absolute atomic E-state index is 0.113. The van der Waals surface area contributed by atoms with Gasteiger partial charge in [-0.1, -0.05) is 0 Å². The number of imidazole rings is 1. The van der Waals surface area contributed by atoms with Crippen LogP contribution in [-0.2, 0) is 30.4 Å². The highest BCUT2D eigenvalue weighted by atomic mass is 16.4. The number of aliphatic hydroxyl groups is 1. The summed E-state index contributed by atoms with van der Waals surface area (Å²) in [4.78, 5) is 65.1. The smallest absolute Gasteiger partial charge is 0.322 e. The van der Waals surface area contributed by atoms with Crippen molar-refractivity contribution in [3.05, 3.63) is 18.2 Å². The zero-order valence-corrected chi connectivity index (χ0v) is 16.0. The number of hydrogen-bond donors (Lipinski definition) is 8. The fourth-order valence-corrected chi connectivity index (χ4v) is 2.25. The number of nitrogens with one attached hydrogen (secondary N) is 4. The highest BCUT2D eigenvalue weighted by Gasteiger charge is 2.31. The number of aromatic amines is 1. The number of carbonyl (C=O) groups is 5. The Kier molecular flexibility index (Phi) is 9.38. The summed E-state index contributed by atoms with van der Waals surface area (Å²) in [7, 11) is 0. The number of rotatable bonds is 12. The molecule has 30 heavy (non-hydrogen) atoms. The number of nitrogens with two attached hydrogens (primary N) is 1. The number of amides is 3. The Morgan fingerprint density at radius 1 is 1.07 bits per heavy atom. The molecule has 3 amide bonds. The molecule has 1 aromatic rings. The summed E-state index contributed by atoms with van der Waals surface area (Å²) in [6, 6.07) is -4.30. The number of aromatic nitrogens is 2. The molecule has 4 atom stereocenters. The molecule has 0 aliphatic heterocycles. The average molecular weight is 428 g/mol. The maximum atomic E-state index is 12.6. The number of carboxylic acid groups (broad SMARTS) is 2. The largest absolute Gasteiger partial charge is 0.481 e. The molecule has 14 nitrogen and oxygen atoms in total. The standard InChI is InChI=1S/C16H24N6O8/c1-7(23)13(17)16(30)22-10(3-11(24)25)15(29)21-9(2-8-4-18-6-20-8)14(28)19-5-12(26)27/h4,6-7,9-10,13,23H,2-3,5,17H2,1H3,(H,18,20)(H,19,28)(H,21,29)(H,22,30)(H,24,25)(H,26,27). The first-order valence-electron chi connectivity index (χ1n) is 8.74. The fourth-order valence-electron chi connectivity index (χ4n) is 2.25. The van der Waals surface area contributed by atoms with Crippen LogP contribution in [0.4, 0.5) is 0 Å². The van der Waals surface area contributed by atoms with Crippen LogP contribution in [0.3, 0.4) is 0 Å². The Morgan fingerprint density at radius 3 is 2.20 bits per heavy atom. The maximum Gasteiger partial charge on any atom is 0.322 e. The molecule has 0 fully saturated rings. The van der Waals surface area contributed by atoms with E-state index in [4.69, 9.17) is 15.9 Å². The fraction of sp³-hybridized carbons (Fsp3) is 0.500. The lowest BCUT2D eigenvalue weighted by atomic mass is 10.1. The molecule has 0 aliphatic rings. The second kappa shape index (κ2) is 11.5. The number of aliphatic hydroxyl groups excluding tert-OH is 1. The minimum Gasteiger partial charge on any atom is -0.481 e. The predicted molar refractivity (Wildman–Crippen MR) is 98.7 cm³/mol. The summed E-state index contributed by atoms with van der Waals surface area (Å²) in [6.07, 6.45) is 0.514. The quantitative estimate of drug-likeness (QED) is 0.162. The van der Waals surface area contributed by atoms with E-state index in [9.17, 15) is 29.1 Å². The van der Waals surface area contributed by atoms with Crippen LogP contribution < -0.4 is 21.7 Å². The van der Waals surface area contributed by atoms with Gasteiger partial charge >= 0.3 is 11.9 Å². The third kappa shape index (κ3) is 8.24. The third-order valence-electron chi connectivity index (χ3n) is 3.86.